The predicted octanol–water partition coefficient (Wildman–Crippen LogP) is 4.82. The van der Waals surface area contributed by atoms with Crippen LogP contribution in [0.2, 0.25) is 0 Å². The molecule has 0 saturated carbocycles. The van der Waals surface area contributed by atoms with Crippen molar-refractivity contribution in [2.75, 3.05) is 23.3 Å². The topological polar surface area (TPSA) is 95.8 Å². The molecule has 0 aliphatic carbocycles. The normalized spacial score (nSPS) is 13.7. The van der Waals surface area contributed by atoms with Crippen LogP contribution in [-0.2, 0) is 6.54 Å². The summed E-state index contributed by atoms with van der Waals surface area (Å²) in [6.07, 6.45) is 0.777. The number of amides is 3. The van der Waals surface area contributed by atoms with Crippen LogP contribution in [0.15, 0.2) is 72.8 Å². The molecule has 3 aromatic carbocycles. The van der Waals surface area contributed by atoms with E-state index < -0.39 is 10.8 Å². The van der Waals surface area contributed by atoms with Crippen molar-refractivity contribution in [3.8, 4) is 0 Å². The first-order valence-corrected chi connectivity index (χ1v) is 10.4. The number of carbonyl (C=O) groups is 2. The molecule has 33 heavy (non-hydrogen) atoms. The van der Waals surface area contributed by atoms with Gasteiger partial charge in [0.25, 0.3) is 11.6 Å². The smallest absolute Gasteiger partial charge is 0.322 e. The Morgan fingerprint density at radius 3 is 2.42 bits per heavy atom. The van der Waals surface area contributed by atoms with Crippen LogP contribution in [-0.4, -0.2) is 34.9 Å². The molecule has 168 valence electrons. The van der Waals surface area contributed by atoms with Crippen molar-refractivity contribution < 1.29 is 18.9 Å². The van der Waals surface area contributed by atoms with E-state index in [0.29, 0.717) is 36.6 Å². The second kappa shape index (κ2) is 9.47. The summed E-state index contributed by atoms with van der Waals surface area (Å²) in [5.74, 6) is -0.729. The van der Waals surface area contributed by atoms with Crippen LogP contribution >= 0.6 is 0 Å². The lowest BCUT2D eigenvalue weighted by Crippen LogP contribution is -2.49. The van der Waals surface area contributed by atoms with Crippen LogP contribution < -0.4 is 10.2 Å². The number of halogens is 1. The molecule has 8 nitrogen and oxygen atoms in total. The number of nitrogens with one attached hydrogen (secondary N) is 1. The summed E-state index contributed by atoms with van der Waals surface area (Å²) in [5, 5.41) is 13.5. The van der Waals surface area contributed by atoms with Gasteiger partial charge in [-0.15, -0.1) is 0 Å². The van der Waals surface area contributed by atoms with Gasteiger partial charge >= 0.3 is 6.03 Å². The number of nitro groups is 1. The average molecular weight is 448 g/mol. The number of urea groups is 1. The highest BCUT2D eigenvalue weighted by Gasteiger charge is 2.27. The van der Waals surface area contributed by atoms with E-state index in [0.717, 1.165) is 12.0 Å². The Morgan fingerprint density at radius 1 is 1.03 bits per heavy atom. The summed E-state index contributed by atoms with van der Waals surface area (Å²) >= 11 is 0. The van der Waals surface area contributed by atoms with Crippen LogP contribution in [0, 0.1) is 15.9 Å². The highest BCUT2D eigenvalue weighted by Crippen LogP contribution is 2.24. The maximum atomic E-state index is 13.5. The SMILES string of the molecule is O=C(Nc1ccc(N2CCCN(Cc3cccc(F)c3)C2=O)cc1)c1ccc([N+](=O)[O-])cc1. The van der Waals surface area contributed by atoms with Crippen LogP contribution in [0.1, 0.15) is 22.3 Å². The number of benzene rings is 3. The van der Waals surface area contributed by atoms with Crippen molar-refractivity contribution in [3.63, 3.8) is 0 Å². The third-order valence-corrected chi connectivity index (χ3v) is 5.35. The molecule has 1 heterocycles. The van der Waals surface area contributed by atoms with Crippen LogP contribution in [0.25, 0.3) is 0 Å². The quantitative estimate of drug-likeness (QED) is 0.432. The second-order valence-corrected chi connectivity index (χ2v) is 7.64. The van der Waals surface area contributed by atoms with Gasteiger partial charge in [-0.2, -0.15) is 0 Å². The summed E-state index contributed by atoms with van der Waals surface area (Å²) in [6.45, 7) is 1.48. The first kappa shape index (κ1) is 21.9. The number of nitro benzene ring substituents is 1. The number of carbonyl (C=O) groups excluding carboxylic acids is 2. The number of non-ortho nitro benzene ring substituents is 1. The van der Waals surface area contributed by atoms with Crippen molar-refractivity contribution in [3.05, 3.63) is 99.9 Å². The zero-order chi connectivity index (χ0) is 23.4. The highest BCUT2D eigenvalue weighted by molar-refractivity contribution is 6.04. The Morgan fingerprint density at radius 2 is 1.76 bits per heavy atom. The molecular weight excluding hydrogens is 427 g/mol. The van der Waals surface area contributed by atoms with E-state index >= 15 is 0 Å². The maximum absolute atomic E-state index is 13.5. The molecule has 0 radical (unpaired) electrons. The summed E-state index contributed by atoms with van der Waals surface area (Å²) in [6, 6.07) is 18.3. The molecule has 1 aliphatic heterocycles. The van der Waals surface area contributed by atoms with Gasteiger partial charge in [-0.3, -0.25) is 19.8 Å². The zero-order valence-electron chi connectivity index (χ0n) is 17.6. The number of hydrogen-bond donors (Lipinski definition) is 1. The summed E-state index contributed by atoms with van der Waals surface area (Å²) in [7, 11) is 0. The highest BCUT2D eigenvalue weighted by atomic mass is 19.1. The monoisotopic (exact) mass is 448 g/mol. The van der Waals surface area contributed by atoms with Gasteiger partial charge in [-0.25, -0.2) is 9.18 Å². The van der Waals surface area contributed by atoms with E-state index in [-0.39, 0.29) is 17.5 Å². The lowest BCUT2D eigenvalue weighted by Gasteiger charge is -2.35. The molecule has 1 fully saturated rings. The van der Waals surface area contributed by atoms with Gasteiger partial charge in [0.05, 0.1) is 4.92 Å². The summed E-state index contributed by atoms with van der Waals surface area (Å²) in [4.78, 5) is 38.9. The van der Waals surface area contributed by atoms with Gasteiger partial charge in [0.2, 0.25) is 0 Å². The van der Waals surface area contributed by atoms with Crippen LogP contribution in [0.4, 0.5) is 26.2 Å². The van der Waals surface area contributed by atoms with Gasteiger partial charge in [0.15, 0.2) is 0 Å². The predicted molar refractivity (Wildman–Crippen MR) is 122 cm³/mol. The molecule has 1 aliphatic rings. The Bertz CT molecular complexity index is 1180. The first-order valence-electron chi connectivity index (χ1n) is 10.4. The molecule has 0 atom stereocenters. The Hall–Kier alpha value is -4.27. The van der Waals surface area contributed by atoms with Crippen LogP contribution in [0.3, 0.4) is 0 Å². The third kappa shape index (κ3) is 5.15. The first-order chi connectivity index (χ1) is 15.9. The van der Waals surface area contributed by atoms with Gasteiger partial charge in [-0.1, -0.05) is 12.1 Å². The minimum Gasteiger partial charge on any atom is -0.322 e. The number of hydrogen-bond acceptors (Lipinski definition) is 4. The van der Waals surface area contributed by atoms with E-state index in [1.165, 1.54) is 36.4 Å². The Kier molecular flexibility index (Phi) is 6.30. The summed E-state index contributed by atoms with van der Waals surface area (Å²) in [5.41, 5.74) is 2.16. The molecule has 1 N–H and O–H groups in total. The van der Waals surface area contributed by atoms with Gasteiger partial charge < -0.3 is 10.2 Å². The second-order valence-electron chi connectivity index (χ2n) is 7.64. The standard InChI is InChI=1S/C24H21FN4O4/c25-19-4-1-3-17(15-19)16-27-13-2-14-28(24(27)31)21-11-7-20(8-12-21)26-23(30)18-5-9-22(10-6-18)29(32)33/h1,3-12,15H,2,13-14,16H2,(H,26,30). The van der Waals surface area contributed by atoms with Gasteiger partial charge in [0, 0.05) is 48.7 Å². The fourth-order valence-electron chi connectivity index (χ4n) is 3.69. The summed E-state index contributed by atoms with van der Waals surface area (Å²) < 4.78 is 13.5. The maximum Gasteiger partial charge on any atom is 0.324 e. The molecule has 9 heteroatoms. The molecule has 1 saturated heterocycles. The molecule has 0 spiro atoms. The number of rotatable bonds is 6. The molecule has 0 unspecified atom stereocenters. The fourth-order valence-corrected chi connectivity index (χ4v) is 3.69. The minimum atomic E-state index is -0.526. The molecule has 0 bridgehead atoms. The van der Waals surface area contributed by atoms with Gasteiger partial charge in [0.1, 0.15) is 5.82 Å². The lowest BCUT2D eigenvalue weighted by molar-refractivity contribution is -0.384. The Labute approximate surface area is 189 Å². The van der Waals surface area contributed by atoms with Crippen LogP contribution in [0.5, 0.6) is 0 Å². The third-order valence-electron chi connectivity index (χ3n) is 5.35. The average Bonchev–Trinajstić information content (AvgIpc) is 2.81. The van der Waals surface area contributed by atoms with E-state index in [1.807, 2.05) is 0 Å². The van der Waals surface area contributed by atoms with E-state index in [4.69, 9.17) is 0 Å². The number of nitrogens with zero attached hydrogens (tertiary/aromatic N) is 3. The molecule has 4 rings (SSSR count). The fraction of sp³-hybridized carbons (Fsp3) is 0.167. The van der Waals surface area contributed by atoms with Crippen molar-refractivity contribution in [1.82, 2.24) is 4.90 Å². The molecule has 3 amide bonds. The number of anilines is 2. The zero-order valence-corrected chi connectivity index (χ0v) is 17.6. The van der Waals surface area contributed by atoms with E-state index in [1.54, 1.807) is 46.2 Å². The largest absolute Gasteiger partial charge is 0.324 e. The van der Waals surface area contributed by atoms with Crippen molar-refractivity contribution >= 4 is 29.0 Å². The van der Waals surface area contributed by atoms with Gasteiger partial charge in [-0.05, 0) is 60.5 Å². The van der Waals surface area contributed by atoms with Crippen molar-refractivity contribution in [2.24, 2.45) is 0 Å². The molecule has 0 aromatic heterocycles. The van der Waals surface area contributed by atoms with Crippen molar-refractivity contribution in [2.45, 2.75) is 13.0 Å². The molecule has 3 aromatic rings. The van der Waals surface area contributed by atoms with E-state index in [9.17, 15) is 24.1 Å². The lowest BCUT2D eigenvalue weighted by atomic mass is 10.1. The molecular formula is C24H21FN4O4. The van der Waals surface area contributed by atoms with E-state index in [2.05, 4.69) is 5.32 Å². The minimum absolute atomic E-state index is 0.0893. The Balaban J connectivity index is 1.41. The van der Waals surface area contributed by atoms with Crippen molar-refractivity contribution in [1.29, 1.82) is 0 Å².